The lowest BCUT2D eigenvalue weighted by Crippen LogP contribution is -2.06. The van der Waals surface area contributed by atoms with Gasteiger partial charge in [0.15, 0.2) is 0 Å². The second-order valence-corrected chi connectivity index (χ2v) is 5.64. The number of Topliss-reactive ketones (excluding diaryl/α,β-unsaturated/α-hetero) is 2. The molecule has 0 heterocycles. The quantitative estimate of drug-likeness (QED) is 0.330. The minimum Gasteiger partial charge on any atom is -0.300 e. The average Bonchev–Trinajstić information content (AvgIpc) is 2.41. The van der Waals surface area contributed by atoms with Crippen LogP contribution in [0.15, 0.2) is 25.3 Å². The Kier molecular flexibility index (Phi) is 12.1. The van der Waals surface area contributed by atoms with Crippen molar-refractivity contribution in [2.45, 2.75) is 71.1 Å². The standard InChI is InChI=1S/C18H30O2/c1-4-6-8-9-12-17(19)13-10-14-18(20)15-16(3)11-7-5-2/h4-5,16H,1-2,6-15H2,3H3/t16-/m1/s1. The number of hydrogen-bond acceptors (Lipinski definition) is 2. The summed E-state index contributed by atoms with van der Waals surface area (Å²) in [6, 6.07) is 0. The van der Waals surface area contributed by atoms with E-state index in [0.29, 0.717) is 49.6 Å². The molecule has 0 aromatic heterocycles. The van der Waals surface area contributed by atoms with Crippen LogP contribution >= 0.6 is 0 Å². The topological polar surface area (TPSA) is 34.1 Å². The van der Waals surface area contributed by atoms with E-state index in [1.54, 1.807) is 0 Å². The molecule has 114 valence electrons. The lowest BCUT2D eigenvalue weighted by Gasteiger charge is -2.08. The van der Waals surface area contributed by atoms with E-state index in [9.17, 15) is 9.59 Å². The smallest absolute Gasteiger partial charge is 0.133 e. The molecule has 1 atom stereocenters. The third kappa shape index (κ3) is 11.9. The zero-order chi connectivity index (χ0) is 15.2. The summed E-state index contributed by atoms with van der Waals surface area (Å²) in [5.74, 6) is 1.01. The number of unbranched alkanes of at least 4 members (excludes halogenated alkanes) is 2. The minimum absolute atomic E-state index is 0.293. The Balaban J connectivity index is 3.57. The third-order valence-electron chi connectivity index (χ3n) is 3.46. The van der Waals surface area contributed by atoms with Gasteiger partial charge in [-0.15, -0.1) is 13.2 Å². The number of allylic oxidation sites excluding steroid dienone is 2. The Hall–Kier alpha value is -1.18. The van der Waals surface area contributed by atoms with E-state index in [2.05, 4.69) is 20.1 Å². The molecule has 0 amide bonds. The molecular weight excluding hydrogens is 248 g/mol. The van der Waals surface area contributed by atoms with E-state index in [4.69, 9.17) is 0 Å². The zero-order valence-corrected chi connectivity index (χ0v) is 13.0. The molecule has 0 N–H and O–H groups in total. The maximum atomic E-state index is 11.7. The van der Waals surface area contributed by atoms with E-state index >= 15 is 0 Å². The van der Waals surface area contributed by atoms with Gasteiger partial charge in [-0.3, -0.25) is 9.59 Å². The van der Waals surface area contributed by atoms with Gasteiger partial charge in [-0.1, -0.05) is 19.1 Å². The Morgan fingerprint density at radius 1 is 0.900 bits per heavy atom. The SMILES string of the molecule is C=CCCCCC(=O)CCCC(=O)C[C@H](C)CCC=C. The molecule has 0 saturated heterocycles. The second-order valence-electron chi connectivity index (χ2n) is 5.64. The first-order valence-electron chi connectivity index (χ1n) is 7.85. The monoisotopic (exact) mass is 278 g/mol. The fourth-order valence-corrected chi connectivity index (χ4v) is 2.21. The zero-order valence-electron chi connectivity index (χ0n) is 13.0. The highest BCUT2D eigenvalue weighted by molar-refractivity contribution is 5.81. The van der Waals surface area contributed by atoms with Crippen LogP contribution in [0, 0.1) is 5.92 Å². The van der Waals surface area contributed by atoms with Crippen LogP contribution in [0.4, 0.5) is 0 Å². The number of carbonyl (C=O) groups excluding carboxylic acids is 2. The van der Waals surface area contributed by atoms with Crippen molar-refractivity contribution in [2.24, 2.45) is 5.92 Å². The predicted molar refractivity (Wildman–Crippen MR) is 85.7 cm³/mol. The highest BCUT2D eigenvalue weighted by Gasteiger charge is 2.09. The van der Waals surface area contributed by atoms with Crippen LogP contribution in [-0.4, -0.2) is 11.6 Å². The molecule has 0 aromatic rings. The Bertz CT molecular complexity index is 305. The van der Waals surface area contributed by atoms with Gasteiger partial charge in [-0.05, 0) is 44.4 Å². The van der Waals surface area contributed by atoms with Gasteiger partial charge in [0.25, 0.3) is 0 Å². The van der Waals surface area contributed by atoms with Crippen molar-refractivity contribution in [3.63, 3.8) is 0 Å². The molecular formula is C18H30O2. The van der Waals surface area contributed by atoms with Gasteiger partial charge in [0.1, 0.15) is 11.6 Å². The van der Waals surface area contributed by atoms with Crippen LogP contribution in [0.25, 0.3) is 0 Å². The lowest BCUT2D eigenvalue weighted by molar-refractivity contribution is -0.120. The first-order chi connectivity index (χ1) is 9.60. The summed E-state index contributed by atoms with van der Waals surface area (Å²) in [7, 11) is 0. The highest BCUT2D eigenvalue weighted by atomic mass is 16.1. The molecule has 0 rings (SSSR count). The van der Waals surface area contributed by atoms with E-state index < -0.39 is 0 Å². The number of carbonyl (C=O) groups is 2. The molecule has 0 spiro atoms. The normalized spacial score (nSPS) is 11.8. The first kappa shape index (κ1) is 18.8. The minimum atomic E-state index is 0.293. The fourth-order valence-electron chi connectivity index (χ4n) is 2.21. The van der Waals surface area contributed by atoms with E-state index in [-0.39, 0.29) is 0 Å². The van der Waals surface area contributed by atoms with Crippen molar-refractivity contribution in [2.75, 3.05) is 0 Å². The largest absolute Gasteiger partial charge is 0.300 e. The van der Waals surface area contributed by atoms with Gasteiger partial charge in [0.2, 0.25) is 0 Å². The highest BCUT2D eigenvalue weighted by Crippen LogP contribution is 2.14. The van der Waals surface area contributed by atoms with Crippen LogP contribution < -0.4 is 0 Å². The molecule has 0 aliphatic heterocycles. The van der Waals surface area contributed by atoms with Crippen molar-refractivity contribution in [3.8, 4) is 0 Å². The lowest BCUT2D eigenvalue weighted by atomic mass is 9.96. The summed E-state index contributed by atoms with van der Waals surface area (Å²) in [5.41, 5.74) is 0. The van der Waals surface area contributed by atoms with Crippen molar-refractivity contribution < 1.29 is 9.59 Å². The summed E-state index contributed by atoms with van der Waals surface area (Å²) in [6.45, 7) is 9.45. The van der Waals surface area contributed by atoms with Crippen molar-refractivity contribution in [1.29, 1.82) is 0 Å². The average molecular weight is 278 g/mol. The van der Waals surface area contributed by atoms with Crippen LogP contribution in [-0.2, 0) is 9.59 Å². The van der Waals surface area contributed by atoms with Crippen LogP contribution in [0.3, 0.4) is 0 Å². The maximum Gasteiger partial charge on any atom is 0.133 e. The van der Waals surface area contributed by atoms with E-state index in [1.807, 2.05) is 12.2 Å². The molecule has 0 aliphatic rings. The molecule has 0 radical (unpaired) electrons. The molecule has 0 unspecified atom stereocenters. The summed E-state index contributed by atoms with van der Waals surface area (Å²) < 4.78 is 0. The predicted octanol–water partition coefficient (Wildman–Crippen LogP) is 5.03. The fraction of sp³-hybridized carbons (Fsp3) is 0.667. The van der Waals surface area contributed by atoms with Crippen molar-refractivity contribution in [1.82, 2.24) is 0 Å². The second kappa shape index (κ2) is 12.8. The number of hydrogen-bond donors (Lipinski definition) is 0. The molecule has 20 heavy (non-hydrogen) atoms. The van der Waals surface area contributed by atoms with Gasteiger partial charge >= 0.3 is 0 Å². The molecule has 0 fully saturated rings. The van der Waals surface area contributed by atoms with E-state index in [0.717, 1.165) is 32.1 Å². The van der Waals surface area contributed by atoms with Gasteiger partial charge in [0.05, 0.1) is 0 Å². The van der Waals surface area contributed by atoms with Gasteiger partial charge < -0.3 is 0 Å². The van der Waals surface area contributed by atoms with Crippen LogP contribution in [0.1, 0.15) is 71.1 Å². The van der Waals surface area contributed by atoms with Gasteiger partial charge in [-0.2, -0.15) is 0 Å². The third-order valence-corrected chi connectivity index (χ3v) is 3.46. The molecule has 0 saturated carbocycles. The Labute approximate surface area is 124 Å². The first-order valence-corrected chi connectivity index (χ1v) is 7.85. The van der Waals surface area contributed by atoms with Gasteiger partial charge in [0, 0.05) is 25.7 Å². The van der Waals surface area contributed by atoms with Crippen molar-refractivity contribution in [3.05, 3.63) is 25.3 Å². The summed E-state index contributed by atoms with van der Waals surface area (Å²) in [6.07, 6.45) is 11.8. The molecule has 0 aliphatic carbocycles. The van der Waals surface area contributed by atoms with E-state index in [1.165, 1.54) is 0 Å². The molecule has 2 nitrogen and oxygen atoms in total. The Morgan fingerprint density at radius 2 is 1.50 bits per heavy atom. The summed E-state index contributed by atoms with van der Waals surface area (Å²) in [5, 5.41) is 0. The summed E-state index contributed by atoms with van der Waals surface area (Å²) in [4.78, 5) is 23.4. The number of ketones is 2. The molecule has 0 bridgehead atoms. The maximum absolute atomic E-state index is 11.7. The molecule has 2 heteroatoms. The number of rotatable bonds is 14. The molecule has 0 aromatic carbocycles. The van der Waals surface area contributed by atoms with Crippen LogP contribution in [0.2, 0.25) is 0 Å². The van der Waals surface area contributed by atoms with Crippen LogP contribution in [0.5, 0.6) is 0 Å². The summed E-state index contributed by atoms with van der Waals surface area (Å²) >= 11 is 0. The van der Waals surface area contributed by atoms with Crippen molar-refractivity contribution >= 4 is 11.6 Å². The van der Waals surface area contributed by atoms with Gasteiger partial charge in [-0.25, -0.2) is 0 Å². The Morgan fingerprint density at radius 3 is 2.15 bits per heavy atom.